The normalized spacial score (nSPS) is 11.3. The maximum Gasteiger partial charge on any atom is 0.143 e. The zero-order valence-electron chi connectivity index (χ0n) is 18.1. The van der Waals surface area contributed by atoms with Crippen LogP contribution in [0.1, 0.15) is 37.8 Å². The molecule has 0 aliphatic rings. The van der Waals surface area contributed by atoms with E-state index in [0.29, 0.717) is 0 Å². The molecule has 0 radical (unpaired) electrons. The van der Waals surface area contributed by atoms with E-state index < -0.39 is 0 Å². The van der Waals surface area contributed by atoms with Crippen LogP contribution in [0, 0.1) is 5.82 Å². The van der Waals surface area contributed by atoms with Crippen molar-refractivity contribution in [3.63, 3.8) is 0 Å². The lowest BCUT2D eigenvalue weighted by Gasteiger charge is -2.19. The Kier molecular flexibility index (Phi) is 6.47. The number of benzene rings is 4. The highest BCUT2D eigenvalue weighted by Gasteiger charge is 2.17. The molecule has 0 atom stereocenters. The molecule has 0 saturated heterocycles. The van der Waals surface area contributed by atoms with E-state index in [4.69, 9.17) is 4.74 Å². The summed E-state index contributed by atoms with van der Waals surface area (Å²) in [6.45, 7) is 4.20. The van der Waals surface area contributed by atoms with E-state index in [1.54, 1.807) is 0 Å². The summed E-state index contributed by atoms with van der Waals surface area (Å²) in [6, 6.07) is 25.4. The Morgan fingerprint density at radius 3 is 2.35 bits per heavy atom. The van der Waals surface area contributed by atoms with E-state index in [2.05, 4.69) is 49.4 Å². The van der Waals surface area contributed by atoms with Gasteiger partial charge >= 0.3 is 0 Å². The Balaban J connectivity index is 1.91. The minimum Gasteiger partial charge on any atom is -0.456 e. The average molecular weight is 411 g/mol. The maximum absolute atomic E-state index is 13.7. The second kappa shape index (κ2) is 9.61. The average Bonchev–Trinajstić information content (AvgIpc) is 2.80. The molecule has 156 valence electrons. The predicted octanol–water partition coefficient (Wildman–Crippen LogP) is 8.81. The lowest BCUT2D eigenvalue weighted by molar-refractivity contribution is 0.489. The van der Waals surface area contributed by atoms with Crippen molar-refractivity contribution in [3.8, 4) is 22.6 Å². The SMILES string of the molecule is C/C=C/c1ccc(Oc2c(-c3ccc(F)cc3)c(CCCC)cc3ccccc23)cc1. The number of allylic oxidation sites excluding steroid dienone is 1. The Bertz CT molecular complexity index is 1190. The molecule has 0 saturated carbocycles. The van der Waals surface area contributed by atoms with Gasteiger partial charge in [0.15, 0.2) is 0 Å². The molecule has 0 bridgehead atoms. The zero-order valence-corrected chi connectivity index (χ0v) is 18.1. The van der Waals surface area contributed by atoms with Gasteiger partial charge in [0, 0.05) is 10.9 Å². The van der Waals surface area contributed by atoms with Crippen molar-refractivity contribution in [3.05, 3.63) is 102 Å². The first kappa shape index (κ1) is 20.9. The molecule has 4 rings (SSSR count). The van der Waals surface area contributed by atoms with Gasteiger partial charge in [0.05, 0.1) is 0 Å². The van der Waals surface area contributed by atoms with Gasteiger partial charge in [-0.25, -0.2) is 4.39 Å². The quantitative estimate of drug-likeness (QED) is 0.296. The van der Waals surface area contributed by atoms with Crippen molar-refractivity contribution >= 4 is 16.8 Å². The molecule has 0 fully saturated rings. The Labute approximate surface area is 183 Å². The van der Waals surface area contributed by atoms with E-state index in [1.807, 2.05) is 43.3 Å². The maximum atomic E-state index is 13.7. The van der Waals surface area contributed by atoms with Crippen LogP contribution >= 0.6 is 0 Å². The fraction of sp³-hybridized carbons (Fsp3) is 0.172. The van der Waals surface area contributed by atoms with Gasteiger partial charge in [-0.15, -0.1) is 0 Å². The predicted molar refractivity (Wildman–Crippen MR) is 129 cm³/mol. The molecule has 31 heavy (non-hydrogen) atoms. The smallest absolute Gasteiger partial charge is 0.143 e. The summed E-state index contributed by atoms with van der Waals surface area (Å²) in [5.74, 6) is 1.38. The second-order valence-electron chi connectivity index (χ2n) is 7.74. The molecule has 0 unspecified atom stereocenters. The highest BCUT2D eigenvalue weighted by Crippen LogP contribution is 2.43. The van der Waals surface area contributed by atoms with Crippen LogP contribution in [0.25, 0.3) is 28.0 Å². The molecule has 2 heteroatoms. The van der Waals surface area contributed by atoms with Gasteiger partial charge in [0.2, 0.25) is 0 Å². The van der Waals surface area contributed by atoms with Crippen molar-refractivity contribution < 1.29 is 9.13 Å². The van der Waals surface area contributed by atoms with Crippen molar-refractivity contribution in [2.45, 2.75) is 33.1 Å². The van der Waals surface area contributed by atoms with Crippen molar-refractivity contribution in [1.82, 2.24) is 0 Å². The third-order valence-electron chi connectivity index (χ3n) is 5.48. The topological polar surface area (TPSA) is 9.23 Å². The number of fused-ring (bicyclic) bond motifs is 1. The highest BCUT2D eigenvalue weighted by molar-refractivity contribution is 5.97. The molecule has 0 aliphatic carbocycles. The zero-order chi connectivity index (χ0) is 21.6. The summed E-state index contributed by atoms with van der Waals surface area (Å²) in [6.07, 6.45) is 7.23. The van der Waals surface area contributed by atoms with Crippen LogP contribution < -0.4 is 4.74 Å². The monoisotopic (exact) mass is 410 g/mol. The minimum absolute atomic E-state index is 0.235. The van der Waals surface area contributed by atoms with Gasteiger partial charge in [-0.05, 0) is 66.1 Å². The van der Waals surface area contributed by atoms with E-state index in [1.165, 1.54) is 17.7 Å². The highest BCUT2D eigenvalue weighted by atomic mass is 19.1. The van der Waals surface area contributed by atoms with E-state index in [-0.39, 0.29) is 5.82 Å². The van der Waals surface area contributed by atoms with Crippen LogP contribution in [0.15, 0.2) is 84.9 Å². The van der Waals surface area contributed by atoms with Crippen LogP contribution in [0.2, 0.25) is 0 Å². The number of hydrogen-bond acceptors (Lipinski definition) is 1. The Morgan fingerprint density at radius 1 is 0.903 bits per heavy atom. The summed E-state index contributed by atoms with van der Waals surface area (Å²) in [4.78, 5) is 0. The number of hydrogen-bond donors (Lipinski definition) is 0. The Morgan fingerprint density at radius 2 is 1.65 bits per heavy atom. The lowest BCUT2D eigenvalue weighted by atomic mass is 9.91. The minimum atomic E-state index is -0.235. The summed E-state index contributed by atoms with van der Waals surface area (Å²) in [5.41, 5.74) is 4.38. The van der Waals surface area contributed by atoms with E-state index in [0.717, 1.165) is 58.2 Å². The Hall–Kier alpha value is -3.39. The van der Waals surface area contributed by atoms with Gasteiger partial charge < -0.3 is 4.74 Å². The molecule has 4 aromatic carbocycles. The number of halogens is 1. The molecule has 0 aliphatic heterocycles. The molecular formula is C29H27FO. The van der Waals surface area contributed by atoms with Gasteiger partial charge in [0.25, 0.3) is 0 Å². The first-order valence-corrected chi connectivity index (χ1v) is 10.9. The number of ether oxygens (including phenoxy) is 1. The van der Waals surface area contributed by atoms with Crippen LogP contribution in [0.5, 0.6) is 11.5 Å². The third kappa shape index (κ3) is 4.69. The first-order valence-electron chi connectivity index (χ1n) is 10.9. The fourth-order valence-corrected chi connectivity index (χ4v) is 3.93. The van der Waals surface area contributed by atoms with Gasteiger partial charge in [-0.3, -0.25) is 0 Å². The summed E-state index contributed by atoms with van der Waals surface area (Å²) in [7, 11) is 0. The third-order valence-corrected chi connectivity index (χ3v) is 5.48. The van der Waals surface area contributed by atoms with Gasteiger partial charge in [0.1, 0.15) is 17.3 Å². The summed E-state index contributed by atoms with van der Waals surface area (Å²) >= 11 is 0. The molecule has 4 aromatic rings. The van der Waals surface area contributed by atoms with Crippen molar-refractivity contribution in [2.24, 2.45) is 0 Å². The molecule has 0 heterocycles. The molecule has 0 aromatic heterocycles. The largest absolute Gasteiger partial charge is 0.456 e. The number of unbranched alkanes of at least 4 members (excludes halogenated alkanes) is 1. The number of rotatable bonds is 7. The van der Waals surface area contributed by atoms with Crippen LogP contribution in [-0.2, 0) is 6.42 Å². The molecule has 0 spiro atoms. The van der Waals surface area contributed by atoms with Crippen LogP contribution in [0.4, 0.5) is 4.39 Å². The second-order valence-corrected chi connectivity index (χ2v) is 7.74. The fourth-order valence-electron chi connectivity index (χ4n) is 3.93. The molecule has 0 amide bonds. The van der Waals surface area contributed by atoms with Gasteiger partial charge in [-0.1, -0.05) is 80.1 Å². The number of aryl methyl sites for hydroxylation is 1. The standard InChI is InChI=1S/C29H27FO/c1-3-5-9-24-20-23-10-6-7-11-27(23)29(28(24)22-14-16-25(30)17-15-22)31-26-18-12-21(8-4-2)13-19-26/h4,6-8,10-20H,3,5,9H2,1-2H3/b8-4+. The molecule has 0 N–H and O–H groups in total. The van der Waals surface area contributed by atoms with Crippen molar-refractivity contribution in [2.75, 3.05) is 0 Å². The van der Waals surface area contributed by atoms with Crippen molar-refractivity contribution in [1.29, 1.82) is 0 Å². The summed E-state index contributed by atoms with van der Waals surface area (Å²) in [5, 5.41) is 2.21. The molecule has 1 nitrogen and oxygen atoms in total. The lowest BCUT2D eigenvalue weighted by Crippen LogP contribution is -1.97. The van der Waals surface area contributed by atoms with Crippen LogP contribution in [-0.4, -0.2) is 0 Å². The summed E-state index contributed by atoms with van der Waals surface area (Å²) < 4.78 is 20.2. The van der Waals surface area contributed by atoms with Crippen LogP contribution in [0.3, 0.4) is 0 Å². The first-order chi connectivity index (χ1) is 15.2. The molecular weight excluding hydrogens is 383 g/mol. The van der Waals surface area contributed by atoms with E-state index in [9.17, 15) is 4.39 Å². The van der Waals surface area contributed by atoms with E-state index >= 15 is 0 Å². The van der Waals surface area contributed by atoms with Gasteiger partial charge in [-0.2, -0.15) is 0 Å².